The maximum Gasteiger partial charge on any atom is 0.120 e. The standard InChI is InChI=1S/C10H16N2O/c1-3-12(11)7-9-6-8(2)4-5-10(9)13/h4-6,13H,3,7,11H2,1-2H3. The molecule has 1 aromatic rings. The highest BCUT2D eigenvalue weighted by atomic mass is 16.3. The highest BCUT2D eigenvalue weighted by Gasteiger charge is 2.03. The van der Waals surface area contributed by atoms with Gasteiger partial charge in [-0.3, -0.25) is 5.84 Å². The lowest BCUT2D eigenvalue weighted by molar-refractivity contribution is 0.285. The van der Waals surface area contributed by atoms with Gasteiger partial charge >= 0.3 is 0 Å². The fourth-order valence-corrected chi connectivity index (χ4v) is 1.17. The molecule has 0 radical (unpaired) electrons. The minimum Gasteiger partial charge on any atom is -0.508 e. The first-order valence-corrected chi connectivity index (χ1v) is 4.41. The average molecular weight is 180 g/mol. The second-order valence-corrected chi connectivity index (χ2v) is 3.20. The van der Waals surface area contributed by atoms with Crippen molar-refractivity contribution in [2.24, 2.45) is 5.84 Å². The number of hydrogen-bond donors (Lipinski definition) is 2. The van der Waals surface area contributed by atoms with Crippen LogP contribution in [0.15, 0.2) is 18.2 Å². The fourth-order valence-electron chi connectivity index (χ4n) is 1.17. The van der Waals surface area contributed by atoms with Gasteiger partial charge in [0.25, 0.3) is 0 Å². The van der Waals surface area contributed by atoms with E-state index in [1.807, 2.05) is 26.0 Å². The van der Waals surface area contributed by atoms with Gasteiger partial charge in [-0.25, -0.2) is 5.01 Å². The van der Waals surface area contributed by atoms with Gasteiger partial charge in [0.1, 0.15) is 5.75 Å². The summed E-state index contributed by atoms with van der Waals surface area (Å²) < 4.78 is 0. The summed E-state index contributed by atoms with van der Waals surface area (Å²) in [6, 6.07) is 5.53. The Hall–Kier alpha value is -1.06. The van der Waals surface area contributed by atoms with Crippen molar-refractivity contribution in [1.29, 1.82) is 0 Å². The molecule has 1 rings (SSSR count). The topological polar surface area (TPSA) is 49.5 Å². The molecule has 0 fully saturated rings. The molecule has 0 heterocycles. The van der Waals surface area contributed by atoms with E-state index in [1.165, 1.54) is 0 Å². The van der Waals surface area contributed by atoms with Crippen LogP contribution >= 0.6 is 0 Å². The van der Waals surface area contributed by atoms with Gasteiger partial charge in [0.2, 0.25) is 0 Å². The normalized spacial score (nSPS) is 10.8. The van der Waals surface area contributed by atoms with Crippen molar-refractivity contribution in [2.45, 2.75) is 20.4 Å². The molecular formula is C10H16N2O. The van der Waals surface area contributed by atoms with Crippen LogP contribution in [0.2, 0.25) is 0 Å². The third-order valence-electron chi connectivity index (χ3n) is 2.01. The SMILES string of the molecule is CCN(N)Cc1cc(C)ccc1O. The van der Waals surface area contributed by atoms with Crippen LogP contribution < -0.4 is 5.84 Å². The number of hydrazine groups is 1. The molecule has 0 spiro atoms. The fraction of sp³-hybridized carbons (Fsp3) is 0.400. The van der Waals surface area contributed by atoms with Gasteiger partial charge in [-0.05, 0) is 13.0 Å². The summed E-state index contributed by atoms with van der Waals surface area (Å²) in [6.45, 7) is 5.33. The van der Waals surface area contributed by atoms with Crippen LogP contribution in [0.5, 0.6) is 5.75 Å². The van der Waals surface area contributed by atoms with Gasteiger partial charge in [0.15, 0.2) is 0 Å². The zero-order chi connectivity index (χ0) is 9.84. The number of hydrogen-bond acceptors (Lipinski definition) is 3. The lowest BCUT2D eigenvalue weighted by Crippen LogP contribution is -2.29. The molecule has 0 aromatic heterocycles. The molecule has 0 saturated heterocycles. The van der Waals surface area contributed by atoms with Crippen molar-refractivity contribution >= 4 is 0 Å². The Balaban J connectivity index is 2.81. The third kappa shape index (κ3) is 2.72. The lowest BCUT2D eigenvalue weighted by atomic mass is 10.1. The molecule has 0 amide bonds. The molecule has 0 aliphatic carbocycles. The Labute approximate surface area is 78.8 Å². The van der Waals surface area contributed by atoms with Gasteiger partial charge in [0.05, 0.1) is 0 Å². The maximum absolute atomic E-state index is 9.50. The molecule has 0 atom stereocenters. The van der Waals surface area contributed by atoms with E-state index in [2.05, 4.69) is 0 Å². The highest BCUT2D eigenvalue weighted by Crippen LogP contribution is 2.18. The minimum absolute atomic E-state index is 0.314. The van der Waals surface area contributed by atoms with Gasteiger partial charge in [-0.2, -0.15) is 0 Å². The largest absolute Gasteiger partial charge is 0.508 e. The Morgan fingerprint density at radius 1 is 1.46 bits per heavy atom. The van der Waals surface area contributed by atoms with E-state index in [0.29, 0.717) is 12.3 Å². The first kappa shape index (κ1) is 10.0. The number of rotatable bonds is 3. The Bertz CT molecular complexity index is 286. The molecule has 0 unspecified atom stereocenters. The molecular weight excluding hydrogens is 164 g/mol. The number of aromatic hydroxyl groups is 1. The first-order chi connectivity index (χ1) is 6.13. The second-order valence-electron chi connectivity index (χ2n) is 3.20. The average Bonchev–Trinajstić information content (AvgIpc) is 2.11. The van der Waals surface area contributed by atoms with Gasteiger partial charge in [0, 0.05) is 18.7 Å². The molecule has 3 nitrogen and oxygen atoms in total. The van der Waals surface area contributed by atoms with Gasteiger partial charge in [-0.15, -0.1) is 0 Å². The van der Waals surface area contributed by atoms with Crippen LogP contribution in [0.25, 0.3) is 0 Å². The smallest absolute Gasteiger partial charge is 0.120 e. The van der Waals surface area contributed by atoms with Crippen molar-refractivity contribution in [2.75, 3.05) is 6.54 Å². The van der Waals surface area contributed by atoms with Crippen molar-refractivity contribution in [3.8, 4) is 5.75 Å². The summed E-state index contributed by atoms with van der Waals surface area (Å²) in [5, 5.41) is 11.2. The van der Waals surface area contributed by atoms with Crippen molar-refractivity contribution in [3.05, 3.63) is 29.3 Å². The zero-order valence-corrected chi connectivity index (χ0v) is 8.12. The summed E-state index contributed by atoms with van der Waals surface area (Å²) in [4.78, 5) is 0. The molecule has 0 aliphatic rings. The van der Waals surface area contributed by atoms with Crippen LogP contribution in [0, 0.1) is 6.92 Å². The first-order valence-electron chi connectivity index (χ1n) is 4.41. The van der Waals surface area contributed by atoms with E-state index in [1.54, 1.807) is 11.1 Å². The molecule has 0 aliphatic heterocycles. The van der Waals surface area contributed by atoms with Gasteiger partial charge in [-0.1, -0.05) is 24.6 Å². The van der Waals surface area contributed by atoms with Crippen LogP contribution in [0.1, 0.15) is 18.1 Å². The molecule has 72 valence electrons. The molecule has 1 aromatic carbocycles. The van der Waals surface area contributed by atoms with Crippen molar-refractivity contribution < 1.29 is 5.11 Å². The summed E-state index contributed by atoms with van der Waals surface area (Å²) in [5.74, 6) is 5.96. The third-order valence-corrected chi connectivity index (χ3v) is 2.01. The molecule has 3 N–H and O–H groups in total. The van der Waals surface area contributed by atoms with Crippen LogP contribution in [-0.4, -0.2) is 16.7 Å². The van der Waals surface area contributed by atoms with Crippen LogP contribution in [0.3, 0.4) is 0 Å². The number of benzene rings is 1. The predicted molar refractivity (Wildman–Crippen MR) is 53.1 cm³/mol. The molecule has 0 saturated carbocycles. The Kier molecular flexibility index (Phi) is 3.28. The van der Waals surface area contributed by atoms with E-state index in [9.17, 15) is 5.11 Å². The van der Waals surface area contributed by atoms with Crippen molar-refractivity contribution in [1.82, 2.24) is 5.01 Å². The lowest BCUT2D eigenvalue weighted by Gasteiger charge is -2.14. The summed E-state index contributed by atoms with van der Waals surface area (Å²) in [7, 11) is 0. The molecule has 3 heteroatoms. The number of phenols is 1. The predicted octanol–water partition coefficient (Wildman–Crippen LogP) is 1.40. The zero-order valence-electron chi connectivity index (χ0n) is 8.12. The summed E-state index contributed by atoms with van der Waals surface area (Å²) in [5.41, 5.74) is 2.02. The van der Waals surface area contributed by atoms with Crippen LogP contribution in [-0.2, 0) is 6.54 Å². The highest BCUT2D eigenvalue weighted by molar-refractivity contribution is 5.35. The quantitative estimate of drug-likeness (QED) is 0.546. The van der Waals surface area contributed by atoms with Crippen molar-refractivity contribution in [3.63, 3.8) is 0 Å². The van der Waals surface area contributed by atoms with Crippen LogP contribution in [0.4, 0.5) is 0 Å². The molecule has 13 heavy (non-hydrogen) atoms. The summed E-state index contributed by atoms with van der Waals surface area (Å²) in [6.07, 6.45) is 0. The minimum atomic E-state index is 0.314. The second kappa shape index (κ2) is 4.25. The van der Waals surface area contributed by atoms with E-state index in [4.69, 9.17) is 5.84 Å². The number of nitrogens with two attached hydrogens (primary N) is 1. The molecule has 0 bridgehead atoms. The number of aryl methyl sites for hydroxylation is 1. The van der Waals surface area contributed by atoms with E-state index in [0.717, 1.165) is 17.7 Å². The maximum atomic E-state index is 9.50. The Morgan fingerprint density at radius 2 is 2.15 bits per heavy atom. The monoisotopic (exact) mass is 180 g/mol. The number of phenolic OH excluding ortho intramolecular Hbond substituents is 1. The number of nitrogens with zero attached hydrogens (tertiary/aromatic N) is 1. The van der Waals surface area contributed by atoms with Gasteiger partial charge < -0.3 is 5.11 Å². The van der Waals surface area contributed by atoms with E-state index in [-0.39, 0.29) is 0 Å². The van der Waals surface area contributed by atoms with E-state index < -0.39 is 0 Å². The van der Waals surface area contributed by atoms with E-state index >= 15 is 0 Å². The summed E-state index contributed by atoms with van der Waals surface area (Å²) >= 11 is 0. The Morgan fingerprint density at radius 3 is 2.77 bits per heavy atom.